The summed E-state index contributed by atoms with van der Waals surface area (Å²) < 4.78 is 0. The Labute approximate surface area is 84.6 Å². The van der Waals surface area contributed by atoms with Crippen LogP contribution in [0, 0.1) is 5.92 Å². The Balaban J connectivity index is 2.85. The predicted octanol–water partition coefficient (Wildman–Crippen LogP) is 1.63. The Kier molecular flexibility index (Phi) is 3.42. The first-order valence-corrected chi connectivity index (χ1v) is 4.41. The highest BCUT2D eigenvalue weighted by Gasteiger charge is 2.26. The van der Waals surface area contributed by atoms with Gasteiger partial charge < -0.3 is 5.73 Å². The van der Waals surface area contributed by atoms with Crippen molar-refractivity contribution < 1.29 is 0 Å². The van der Waals surface area contributed by atoms with E-state index in [1.165, 1.54) is 0 Å². The lowest BCUT2D eigenvalue weighted by Gasteiger charge is -2.23. The number of hydrogen-bond donors (Lipinski definition) is 1. The van der Waals surface area contributed by atoms with E-state index in [-0.39, 0.29) is 12.1 Å². The van der Waals surface area contributed by atoms with Crippen LogP contribution < -0.4 is 5.73 Å². The normalized spacial score (nSPS) is 26.4. The van der Waals surface area contributed by atoms with E-state index >= 15 is 0 Å². The third-order valence-corrected chi connectivity index (χ3v) is 2.07. The summed E-state index contributed by atoms with van der Waals surface area (Å²) in [5, 5.41) is 5.89. The highest BCUT2D eigenvalue weighted by molar-refractivity contribution is 5.66. The topological polar surface area (TPSA) is 41.6 Å². The van der Waals surface area contributed by atoms with Gasteiger partial charge in [-0.25, -0.2) is 5.01 Å². The van der Waals surface area contributed by atoms with E-state index in [9.17, 15) is 0 Å². The van der Waals surface area contributed by atoms with Crippen LogP contribution in [-0.4, -0.2) is 17.4 Å². The van der Waals surface area contributed by atoms with Crippen LogP contribution >= 0.6 is 0 Å². The molecule has 1 heterocycles. The average Bonchev–Trinajstić information content (AvgIpc) is 2.56. The van der Waals surface area contributed by atoms with E-state index in [0.717, 1.165) is 5.70 Å². The Morgan fingerprint density at radius 2 is 2.14 bits per heavy atom. The summed E-state index contributed by atoms with van der Waals surface area (Å²) >= 11 is 0. The molecule has 2 N–H and O–H groups in total. The second-order valence-corrected chi connectivity index (χ2v) is 2.94. The molecule has 0 bridgehead atoms. The van der Waals surface area contributed by atoms with Gasteiger partial charge in [0.05, 0.1) is 5.70 Å². The molecule has 3 heteroatoms. The molecule has 0 aromatic heterocycles. The molecule has 0 saturated heterocycles. The van der Waals surface area contributed by atoms with Crippen LogP contribution in [0.15, 0.2) is 54.8 Å². The molecule has 1 rings (SSSR count). The highest BCUT2D eigenvalue weighted by Crippen LogP contribution is 2.19. The summed E-state index contributed by atoms with van der Waals surface area (Å²) in [5.41, 5.74) is 6.79. The molecular weight excluding hydrogens is 174 g/mol. The maximum Gasteiger partial charge on any atom is 0.111 e. The standard InChI is InChI=1S/C11H15N3/c1-4-7-10(6-3)14-11(12)9(5-2)8-13-14/h4-9,11H,1-3,12H2/b10-7+. The van der Waals surface area contributed by atoms with E-state index in [1.54, 1.807) is 29.5 Å². The highest BCUT2D eigenvalue weighted by atomic mass is 15.5. The zero-order valence-electron chi connectivity index (χ0n) is 8.13. The summed E-state index contributed by atoms with van der Waals surface area (Å²) in [5.74, 6) is 0.0863. The van der Waals surface area contributed by atoms with Crippen molar-refractivity contribution in [2.75, 3.05) is 0 Å². The van der Waals surface area contributed by atoms with E-state index in [0.29, 0.717) is 0 Å². The van der Waals surface area contributed by atoms with Crippen LogP contribution in [0.25, 0.3) is 0 Å². The molecule has 0 aromatic rings. The summed E-state index contributed by atoms with van der Waals surface area (Å²) in [6.07, 6.45) is 8.55. The van der Waals surface area contributed by atoms with Gasteiger partial charge in [-0.1, -0.05) is 25.3 Å². The third kappa shape index (κ3) is 1.83. The molecule has 1 aliphatic rings. The molecule has 3 nitrogen and oxygen atoms in total. The molecule has 0 radical (unpaired) electrons. The van der Waals surface area contributed by atoms with E-state index in [1.807, 2.05) is 6.08 Å². The average molecular weight is 189 g/mol. The molecule has 2 unspecified atom stereocenters. The molecule has 0 aromatic carbocycles. The Morgan fingerprint density at radius 1 is 1.43 bits per heavy atom. The van der Waals surface area contributed by atoms with E-state index < -0.39 is 0 Å². The summed E-state index contributed by atoms with van der Waals surface area (Å²) in [6.45, 7) is 11.0. The van der Waals surface area contributed by atoms with Gasteiger partial charge in [-0.3, -0.25) is 0 Å². The number of allylic oxidation sites excluding steroid dienone is 3. The minimum Gasteiger partial charge on any atom is -0.309 e. The van der Waals surface area contributed by atoms with Crippen LogP contribution in [-0.2, 0) is 0 Å². The Morgan fingerprint density at radius 3 is 2.57 bits per heavy atom. The van der Waals surface area contributed by atoms with Crippen molar-refractivity contribution in [1.82, 2.24) is 5.01 Å². The number of nitrogens with two attached hydrogens (primary N) is 1. The van der Waals surface area contributed by atoms with Gasteiger partial charge >= 0.3 is 0 Å². The smallest absolute Gasteiger partial charge is 0.111 e. The molecule has 14 heavy (non-hydrogen) atoms. The van der Waals surface area contributed by atoms with Gasteiger partial charge in [-0.05, 0) is 12.2 Å². The maximum atomic E-state index is 5.95. The third-order valence-electron chi connectivity index (χ3n) is 2.07. The number of hydrazone groups is 1. The fraction of sp³-hybridized carbons (Fsp3) is 0.182. The van der Waals surface area contributed by atoms with E-state index in [4.69, 9.17) is 5.73 Å². The minimum absolute atomic E-state index is 0.0863. The monoisotopic (exact) mass is 189 g/mol. The zero-order chi connectivity index (χ0) is 10.6. The van der Waals surface area contributed by atoms with Gasteiger partial charge in [0.2, 0.25) is 0 Å². The Hall–Kier alpha value is -1.61. The van der Waals surface area contributed by atoms with Crippen LogP contribution in [0.1, 0.15) is 0 Å². The van der Waals surface area contributed by atoms with E-state index in [2.05, 4.69) is 24.8 Å². The van der Waals surface area contributed by atoms with Crippen LogP contribution in [0.5, 0.6) is 0 Å². The lowest BCUT2D eigenvalue weighted by atomic mass is 10.1. The summed E-state index contributed by atoms with van der Waals surface area (Å²) in [4.78, 5) is 0. The largest absolute Gasteiger partial charge is 0.309 e. The van der Waals surface area contributed by atoms with Gasteiger partial charge in [0, 0.05) is 12.1 Å². The molecule has 0 spiro atoms. The summed E-state index contributed by atoms with van der Waals surface area (Å²) in [6, 6.07) is 0. The fourth-order valence-electron chi connectivity index (χ4n) is 1.27. The lowest BCUT2D eigenvalue weighted by molar-refractivity contribution is 0.287. The first kappa shape index (κ1) is 10.5. The molecule has 0 aliphatic carbocycles. The van der Waals surface area contributed by atoms with Gasteiger partial charge in [-0.15, -0.1) is 6.58 Å². The van der Waals surface area contributed by atoms with Crippen molar-refractivity contribution in [3.8, 4) is 0 Å². The molecule has 1 aliphatic heterocycles. The second-order valence-electron chi connectivity index (χ2n) is 2.94. The number of nitrogens with zero attached hydrogens (tertiary/aromatic N) is 2. The minimum atomic E-state index is -0.198. The molecule has 0 amide bonds. The van der Waals surface area contributed by atoms with Crippen molar-refractivity contribution in [2.45, 2.75) is 6.17 Å². The number of hydrogen-bond acceptors (Lipinski definition) is 3. The van der Waals surface area contributed by atoms with Crippen molar-refractivity contribution in [1.29, 1.82) is 0 Å². The second kappa shape index (κ2) is 4.58. The number of rotatable bonds is 4. The maximum absolute atomic E-state index is 5.95. The molecule has 0 fully saturated rings. The van der Waals surface area contributed by atoms with Crippen LogP contribution in [0.3, 0.4) is 0 Å². The quantitative estimate of drug-likeness (QED) is 0.539. The molecule has 2 atom stereocenters. The summed E-state index contributed by atoms with van der Waals surface area (Å²) in [7, 11) is 0. The SMILES string of the molecule is C=C/C=C(\C=C)N1N=CC(C=C)C1N. The van der Waals surface area contributed by atoms with Crippen LogP contribution in [0.4, 0.5) is 0 Å². The molecule has 74 valence electrons. The predicted molar refractivity (Wildman–Crippen MR) is 60.5 cm³/mol. The Bertz CT molecular complexity index is 302. The van der Waals surface area contributed by atoms with Crippen molar-refractivity contribution in [3.05, 3.63) is 49.7 Å². The van der Waals surface area contributed by atoms with Crippen molar-refractivity contribution >= 4 is 6.21 Å². The van der Waals surface area contributed by atoms with Gasteiger partial charge in [-0.2, -0.15) is 5.10 Å². The molecule has 0 saturated carbocycles. The molecular formula is C11H15N3. The van der Waals surface area contributed by atoms with Crippen molar-refractivity contribution in [3.63, 3.8) is 0 Å². The van der Waals surface area contributed by atoms with Crippen LogP contribution in [0.2, 0.25) is 0 Å². The van der Waals surface area contributed by atoms with Gasteiger partial charge in [0.25, 0.3) is 0 Å². The first-order valence-electron chi connectivity index (χ1n) is 4.41. The van der Waals surface area contributed by atoms with Gasteiger partial charge in [0.1, 0.15) is 6.17 Å². The fourth-order valence-corrected chi connectivity index (χ4v) is 1.27. The lowest BCUT2D eigenvalue weighted by Crippen LogP contribution is -2.38. The first-order chi connectivity index (χ1) is 6.74. The zero-order valence-corrected chi connectivity index (χ0v) is 8.13. The van der Waals surface area contributed by atoms with Gasteiger partial charge in [0.15, 0.2) is 0 Å². The van der Waals surface area contributed by atoms with Crippen molar-refractivity contribution in [2.24, 2.45) is 16.8 Å².